The van der Waals surface area contributed by atoms with Gasteiger partial charge < -0.3 is 10.1 Å². The van der Waals surface area contributed by atoms with E-state index in [1.807, 2.05) is 0 Å². The second-order valence-electron chi connectivity index (χ2n) is 7.32. The number of nitrogens with one attached hydrogen (secondary N) is 2. The number of alkyl carbamates (subject to hydrolysis) is 1. The third kappa shape index (κ3) is 3.95. The van der Waals surface area contributed by atoms with Crippen LogP contribution in [0.4, 0.5) is 10.7 Å². The molecule has 8 nitrogen and oxygen atoms in total. The number of sulfonamides is 1. The molecule has 0 aromatic carbocycles. The van der Waals surface area contributed by atoms with Crippen LogP contribution in [0.3, 0.4) is 0 Å². The van der Waals surface area contributed by atoms with Crippen LogP contribution >= 0.6 is 0 Å². The van der Waals surface area contributed by atoms with Crippen molar-refractivity contribution in [2.45, 2.75) is 62.8 Å². The van der Waals surface area contributed by atoms with Crippen molar-refractivity contribution in [1.29, 1.82) is 0 Å². The molecule has 2 saturated carbocycles. The maximum atomic E-state index is 12.0. The standard InChI is InChI=1S/C15H22N4O4S/c1-14(2,3)23-13(20)18-15(7-8-15)11-6-9-16-12(17-11)19-24(21,22)10-4-5-10/h6,9-10H,4-5,7-8H2,1-3H3,(H,18,20)(H,16,17,19). The molecule has 0 spiro atoms. The molecule has 132 valence electrons. The van der Waals surface area contributed by atoms with Crippen molar-refractivity contribution >= 4 is 22.1 Å². The summed E-state index contributed by atoms with van der Waals surface area (Å²) in [5, 5.41) is 2.49. The summed E-state index contributed by atoms with van der Waals surface area (Å²) in [5.74, 6) is 0.0386. The topological polar surface area (TPSA) is 110 Å². The molecule has 0 atom stereocenters. The Balaban J connectivity index is 1.72. The highest BCUT2D eigenvalue weighted by atomic mass is 32.2. The van der Waals surface area contributed by atoms with Crippen molar-refractivity contribution in [3.05, 3.63) is 18.0 Å². The van der Waals surface area contributed by atoms with Crippen LogP contribution in [0.15, 0.2) is 12.3 Å². The summed E-state index contributed by atoms with van der Waals surface area (Å²) in [6.45, 7) is 5.38. The van der Waals surface area contributed by atoms with Crippen LogP contribution in [0, 0.1) is 0 Å². The molecule has 0 saturated heterocycles. The minimum absolute atomic E-state index is 0.0386. The number of carbonyl (C=O) groups excluding carboxylic acids is 1. The fraction of sp³-hybridized carbons (Fsp3) is 0.667. The molecule has 2 N–H and O–H groups in total. The van der Waals surface area contributed by atoms with Gasteiger partial charge in [0.2, 0.25) is 16.0 Å². The van der Waals surface area contributed by atoms with Gasteiger partial charge in [-0.2, -0.15) is 0 Å². The lowest BCUT2D eigenvalue weighted by atomic mass is 10.1. The van der Waals surface area contributed by atoms with Crippen LogP contribution in [0.1, 0.15) is 52.1 Å². The number of aromatic nitrogens is 2. The number of hydrogen-bond donors (Lipinski definition) is 2. The predicted octanol–water partition coefficient (Wildman–Crippen LogP) is 1.89. The first-order valence-corrected chi connectivity index (χ1v) is 9.51. The average Bonchev–Trinajstić information content (AvgIpc) is 3.31. The second-order valence-corrected chi connectivity index (χ2v) is 9.28. The van der Waals surface area contributed by atoms with E-state index in [1.165, 1.54) is 6.20 Å². The molecule has 3 rings (SSSR count). The van der Waals surface area contributed by atoms with Crippen molar-refractivity contribution < 1.29 is 17.9 Å². The Morgan fingerprint density at radius 3 is 2.54 bits per heavy atom. The normalized spacial score (nSPS) is 19.5. The van der Waals surface area contributed by atoms with E-state index in [1.54, 1.807) is 26.8 Å². The molecule has 0 unspecified atom stereocenters. The summed E-state index contributed by atoms with van der Waals surface area (Å²) in [7, 11) is -3.42. The van der Waals surface area contributed by atoms with Crippen molar-refractivity contribution in [2.24, 2.45) is 0 Å². The molecule has 9 heteroatoms. The Hall–Kier alpha value is -1.90. The lowest BCUT2D eigenvalue weighted by molar-refractivity contribution is 0.0493. The zero-order valence-corrected chi connectivity index (χ0v) is 14.8. The largest absolute Gasteiger partial charge is 0.444 e. The Bertz CT molecular complexity index is 749. The number of amides is 1. The minimum atomic E-state index is -3.42. The van der Waals surface area contributed by atoms with E-state index in [0.29, 0.717) is 18.5 Å². The van der Waals surface area contributed by atoms with Gasteiger partial charge in [0.05, 0.1) is 16.5 Å². The molecule has 1 amide bonds. The maximum absolute atomic E-state index is 12.0. The van der Waals surface area contributed by atoms with E-state index < -0.39 is 27.3 Å². The first-order valence-electron chi connectivity index (χ1n) is 7.96. The minimum Gasteiger partial charge on any atom is -0.444 e. The van der Waals surface area contributed by atoms with E-state index in [2.05, 4.69) is 20.0 Å². The smallest absolute Gasteiger partial charge is 0.408 e. The summed E-state index contributed by atoms with van der Waals surface area (Å²) in [6.07, 6.45) is 3.75. The Morgan fingerprint density at radius 2 is 2.00 bits per heavy atom. The van der Waals surface area contributed by atoms with Gasteiger partial charge in [-0.25, -0.2) is 23.2 Å². The molecular weight excluding hydrogens is 332 g/mol. The van der Waals surface area contributed by atoms with Crippen LogP contribution in [-0.2, 0) is 20.3 Å². The van der Waals surface area contributed by atoms with Crippen LogP contribution in [0.2, 0.25) is 0 Å². The van der Waals surface area contributed by atoms with Gasteiger partial charge in [0.1, 0.15) is 5.60 Å². The molecule has 0 radical (unpaired) electrons. The fourth-order valence-corrected chi connectivity index (χ4v) is 3.61. The predicted molar refractivity (Wildman–Crippen MR) is 87.9 cm³/mol. The third-order valence-electron chi connectivity index (χ3n) is 3.83. The highest BCUT2D eigenvalue weighted by molar-refractivity contribution is 7.93. The van der Waals surface area contributed by atoms with Gasteiger partial charge in [-0.15, -0.1) is 0 Å². The van der Waals surface area contributed by atoms with Crippen molar-refractivity contribution in [1.82, 2.24) is 15.3 Å². The number of hydrogen-bond acceptors (Lipinski definition) is 6. The van der Waals surface area contributed by atoms with Gasteiger partial charge in [0, 0.05) is 6.20 Å². The van der Waals surface area contributed by atoms with E-state index in [9.17, 15) is 13.2 Å². The lowest BCUT2D eigenvalue weighted by Gasteiger charge is -2.23. The summed E-state index contributed by atoms with van der Waals surface area (Å²) < 4.78 is 31.7. The average molecular weight is 354 g/mol. The van der Waals surface area contributed by atoms with Crippen molar-refractivity contribution in [3.63, 3.8) is 0 Å². The van der Waals surface area contributed by atoms with Crippen LogP contribution in [-0.4, -0.2) is 35.3 Å². The van der Waals surface area contributed by atoms with Gasteiger partial charge in [-0.3, -0.25) is 4.72 Å². The Kier molecular flexibility index (Phi) is 3.94. The third-order valence-corrected chi connectivity index (χ3v) is 5.65. The molecule has 2 aliphatic rings. The highest BCUT2D eigenvalue weighted by Gasteiger charge is 2.48. The number of anilines is 1. The van der Waals surface area contributed by atoms with Crippen LogP contribution in [0.25, 0.3) is 0 Å². The summed E-state index contributed by atoms with van der Waals surface area (Å²) in [5.41, 5.74) is -0.612. The molecule has 1 heterocycles. The quantitative estimate of drug-likeness (QED) is 0.835. The number of rotatable bonds is 5. The summed E-state index contributed by atoms with van der Waals surface area (Å²) >= 11 is 0. The Morgan fingerprint density at radius 1 is 1.33 bits per heavy atom. The lowest BCUT2D eigenvalue weighted by Crippen LogP contribution is -2.39. The van der Waals surface area contributed by atoms with E-state index in [-0.39, 0.29) is 11.2 Å². The van der Waals surface area contributed by atoms with Crippen molar-refractivity contribution in [3.8, 4) is 0 Å². The van der Waals surface area contributed by atoms with E-state index in [0.717, 1.165) is 12.8 Å². The molecule has 2 fully saturated rings. The molecular formula is C15H22N4O4S. The van der Waals surface area contributed by atoms with Crippen LogP contribution < -0.4 is 10.0 Å². The van der Waals surface area contributed by atoms with Gasteiger partial charge in [0.25, 0.3) is 0 Å². The molecule has 2 aliphatic carbocycles. The molecule has 24 heavy (non-hydrogen) atoms. The van der Waals surface area contributed by atoms with Gasteiger partial charge in [-0.1, -0.05) is 0 Å². The van der Waals surface area contributed by atoms with Crippen molar-refractivity contribution in [2.75, 3.05) is 4.72 Å². The van der Waals surface area contributed by atoms with E-state index >= 15 is 0 Å². The number of carbonyl (C=O) groups is 1. The number of nitrogens with zero attached hydrogens (tertiary/aromatic N) is 2. The zero-order valence-electron chi connectivity index (χ0n) is 14.0. The van der Waals surface area contributed by atoms with Crippen LogP contribution in [0.5, 0.6) is 0 Å². The summed E-state index contributed by atoms with van der Waals surface area (Å²) in [6, 6.07) is 1.68. The first-order chi connectivity index (χ1) is 11.1. The zero-order chi connectivity index (χ0) is 17.6. The van der Waals surface area contributed by atoms with Gasteiger partial charge in [0.15, 0.2) is 0 Å². The molecule has 0 bridgehead atoms. The molecule has 1 aromatic heterocycles. The van der Waals surface area contributed by atoms with E-state index in [4.69, 9.17) is 4.74 Å². The second kappa shape index (κ2) is 5.58. The Labute approximate surface area is 141 Å². The maximum Gasteiger partial charge on any atom is 0.408 e. The van der Waals surface area contributed by atoms with Gasteiger partial charge in [-0.05, 0) is 52.5 Å². The van der Waals surface area contributed by atoms with Gasteiger partial charge >= 0.3 is 6.09 Å². The molecule has 1 aromatic rings. The monoisotopic (exact) mass is 354 g/mol. The highest BCUT2D eigenvalue weighted by Crippen LogP contribution is 2.45. The number of ether oxygens (including phenoxy) is 1. The molecule has 0 aliphatic heterocycles. The summed E-state index contributed by atoms with van der Waals surface area (Å²) in [4.78, 5) is 20.3. The fourth-order valence-electron chi connectivity index (χ4n) is 2.33. The first kappa shape index (κ1) is 16.9. The SMILES string of the molecule is CC(C)(C)OC(=O)NC1(c2ccnc(NS(=O)(=O)C3CC3)n2)CC1.